The Bertz CT molecular complexity index is 567. The van der Waals surface area contributed by atoms with E-state index in [0.717, 1.165) is 47.8 Å². The largest absolute Gasteiger partial charge is 0.349 e. The fourth-order valence-electron chi connectivity index (χ4n) is 8.92. The van der Waals surface area contributed by atoms with E-state index in [-0.39, 0.29) is 11.4 Å². The van der Waals surface area contributed by atoms with Crippen LogP contribution < -0.4 is 0 Å². The van der Waals surface area contributed by atoms with Crippen molar-refractivity contribution in [3.63, 3.8) is 0 Å². The van der Waals surface area contributed by atoms with Crippen LogP contribution in [0.25, 0.3) is 0 Å². The average molecular weight is 302 g/mol. The van der Waals surface area contributed by atoms with Crippen molar-refractivity contribution >= 4 is 5.97 Å². The molecule has 10 bridgehead atoms. The maximum atomic E-state index is 13.1. The van der Waals surface area contributed by atoms with E-state index in [1.807, 2.05) is 20.8 Å². The van der Waals surface area contributed by atoms with Crippen molar-refractivity contribution in [2.24, 2.45) is 58.7 Å². The summed E-state index contributed by atoms with van der Waals surface area (Å²) in [4.78, 5) is 24.0. The second kappa shape index (κ2) is 3.43. The summed E-state index contributed by atoms with van der Waals surface area (Å²) in [5.41, 5.74) is -0.572. The van der Waals surface area contributed by atoms with E-state index in [1.54, 1.807) is 0 Å². The molecule has 0 spiro atoms. The van der Waals surface area contributed by atoms with Crippen LogP contribution in [0.2, 0.25) is 0 Å². The lowest BCUT2D eigenvalue weighted by Crippen LogP contribution is -2.60. The van der Waals surface area contributed by atoms with Gasteiger partial charge in [0.1, 0.15) is 5.60 Å². The standard InChI is InChI=1S/C19H26O3/c1-18(2,3)22-21-17(20)19-7-6-9-11-8-4-5-10(15(11)19)14-12(8)13(9)16(14)19/h8-16H,4-7H2,1-3H3/t8-,9+,10-,11+,12-,13?,14+,15-,16?,19+/m1/s1. The number of carbonyl (C=O) groups excluding carboxylic acids is 1. The van der Waals surface area contributed by atoms with E-state index in [0.29, 0.717) is 11.8 Å². The molecule has 3 heteroatoms. The molecule has 9 rings (SSSR count). The van der Waals surface area contributed by atoms with Gasteiger partial charge >= 0.3 is 5.97 Å². The highest BCUT2D eigenvalue weighted by Gasteiger charge is 2.88. The molecule has 0 aromatic carbocycles. The highest BCUT2D eigenvalue weighted by molar-refractivity contribution is 5.80. The summed E-state index contributed by atoms with van der Waals surface area (Å²) >= 11 is 0. The van der Waals surface area contributed by atoms with Gasteiger partial charge in [-0.15, -0.1) is 0 Å². The summed E-state index contributed by atoms with van der Waals surface area (Å²) in [6, 6.07) is 0. The van der Waals surface area contributed by atoms with Gasteiger partial charge in [0.25, 0.3) is 0 Å². The molecule has 9 aliphatic rings. The molecule has 0 aliphatic heterocycles. The first-order chi connectivity index (χ1) is 10.5. The quantitative estimate of drug-likeness (QED) is 0.579. The first-order valence-corrected chi connectivity index (χ1v) is 9.35. The van der Waals surface area contributed by atoms with Gasteiger partial charge in [0.2, 0.25) is 0 Å². The number of fused-ring (bicyclic) bond motifs is 2. The Morgan fingerprint density at radius 3 is 2.36 bits per heavy atom. The molecule has 0 aromatic rings. The first kappa shape index (κ1) is 12.8. The van der Waals surface area contributed by atoms with E-state index in [4.69, 9.17) is 9.78 Å². The van der Waals surface area contributed by atoms with Gasteiger partial charge in [0.15, 0.2) is 0 Å². The zero-order valence-electron chi connectivity index (χ0n) is 13.7. The van der Waals surface area contributed by atoms with Crippen molar-refractivity contribution < 1.29 is 14.6 Å². The van der Waals surface area contributed by atoms with Crippen LogP contribution in [0.4, 0.5) is 0 Å². The SMILES string of the molecule is CC(C)(C)OOC(=O)[C@]12CC[C@@H]3C4C1[C@H]1[C@H]5CC[C@@H]([C@H]41)[C@@H]3[C@@H]52. The fraction of sp³-hybridized carbons (Fsp3) is 0.947. The molecule has 9 aliphatic carbocycles. The van der Waals surface area contributed by atoms with Crippen LogP contribution in [-0.4, -0.2) is 11.6 Å². The molecule has 0 aromatic heterocycles. The predicted octanol–water partition coefficient (Wildman–Crippen LogP) is 3.43. The normalized spacial score (nSPS) is 61.7. The molecule has 0 saturated heterocycles. The maximum absolute atomic E-state index is 13.1. The fourth-order valence-corrected chi connectivity index (χ4v) is 8.92. The minimum absolute atomic E-state index is 0.000856. The topological polar surface area (TPSA) is 35.5 Å². The molecule has 0 heterocycles. The van der Waals surface area contributed by atoms with E-state index in [1.165, 1.54) is 19.3 Å². The van der Waals surface area contributed by atoms with E-state index < -0.39 is 5.60 Å². The van der Waals surface area contributed by atoms with Crippen molar-refractivity contribution in [2.45, 2.75) is 52.1 Å². The van der Waals surface area contributed by atoms with Crippen LogP contribution in [0.1, 0.15) is 46.5 Å². The minimum Gasteiger partial charge on any atom is -0.297 e. The third-order valence-corrected chi connectivity index (χ3v) is 8.73. The van der Waals surface area contributed by atoms with Gasteiger partial charge in [-0.2, -0.15) is 4.89 Å². The van der Waals surface area contributed by atoms with Gasteiger partial charge in [-0.1, -0.05) is 0 Å². The second-order valence-electron chi connectivity index (χ2n) is 10.1. The molecule has 9 fully saturated rings. The summed E-state index contributed by atoms with van der Waals surface area (Å²) in [5.74, 6) is 7.67. The molecular formula is C19H26O3. The van der Waals surface area contributed by atoms with Crippen molar-refractivity contribution in [1.82, 2.24) is 0 Å². The molecule has 120 valence electrons. The van der Waals surface area contributed by atoms with Crippen LogP contribution >= 0.6 is 0 Å². The lowest BCUT2D eigenvalue weighted by atomic mass is 9.44. The number of hydrogen-bond acceptors (Lipinski definition) is 3. The van der Waals surface area contributed by atoms with Crippen molar-refractivity contribution in [3.05, 3.63) is 0 Å². The van der Waals surface area contributed by atoms with Crippen LogP contribution in [0.5, 0.6) is 0 Å². The average Bonchev–Trinajstić information content (AvgIpc) is 2.80. The number of hydrogen-bond donors (Lipinski definition) is 0. The highest BCUT2D eigenvalue weighted by Crippen LogP contribution is 2.89. The van der Waals surface area contributed by atoms with Crippen molar-refractivity contribution in [3.8, 4) is 0 Å². The van der Waals surface area contributed by atoms with Gasteiger partial charge < -0.3 is 0 Å². The Hall–Kier alpha value is -0.570. The molecule has 22 heavy (non-hydrogen) atoms. The third-order valence-electron chi connectivity index (χ3n) is 8.73. The third kappa shape index (κ3) is 1.07. The summed E-state index contributed by atoms with van der Waals surface area (Å²) in [7, 11) is 0. The highest BCUT2D eigenvalue weighted by atomic mass is 17.2. The molecule has 10 atom stereocenters. The molecule has 2 unspecified atom stereocenters. The molecule has 9 saturated carbocycles. The van der Waals surface area contributed by atoms with Gasteiger partial charge in [-0.25, -0.2) is 4.79 Å². The first-order valence-electron chi connectivity index (χ1n) is 9.35. The van der Waals surface area contributed by atoms with E-state index >= 15 is 0 Å². The zero-order chi connectivity index (χ0) is 15.0. The molecule has 0 amide bonds. The number of rotatable bonds is 2. The summed E-state index contributed by atoms with van der Waals surface area (Å²) < 4.78 is 0. The van der Waals surface area contributed by atoms with Crippen LogP contribution in [0.15, 0.2) is 0 Å². The Kier molecular flexibility index (Phi) is 2.00. The molecule has 0 radical (unpaired) electrons. The maximum Gasteiger partial charge on any atom is 0.349 e. The van der Waals surface area contributed by atoms with Gasteiger partial charge in [0.05, 0.1) is 5.41 Å². The summed E-state index contributed by atoms with van der Waals surface area (Å²) in [6.45, 7) is 5.84. The van der Waals surface area contributed by atoms with E-state index in [2.05, 4.69) is 0 Å². The Morgan fingerprint density at radius 1 is 0.909 bits per heavy atom. The summed E-state index contributed by atoms with van der Waals surface area (Å²) in [6.07, 6.45) is 5.20. The monoisotopic (exact) mass is 302 g/mol. The zero-order valence-corrected chi connectivity index (χ0v) is 13.7. The number of carbonyl (C=O) groups is 1. The van der Waals surface area contributed by atoms with E-state index in [9.17, 15) is 4.79 Å². The Balaban J connectivity index is 1.40. The van der Waals surface area contributed by atoms with Gasteiger partial charge in [-0.05, 0) is 99.7 Å². The van der Waals surface area contributed by atoms with Crippen LogP contribution in [-0.2, 0) is 14.6 Å². The second-order valence-corrected chi connectivity index (χ2v) is 10.1. The molecule has 0 N–H and O–H groups in total. The minimum atomic E-state index is -0.415. The molecule has 3 nitrogen and oxygen atoms in total. The Morgan fingerprint density at radius 2 is 1.59 bits per heavy atom. The van der Waals surface area contributed by atoms with Crippen LogP contribution in [0, 0.1) is 58.7 Å². The lowest BCUT2D eigenvalue weighted by Gasteiger charge is -2.59. The van der Waals surface area contributed by atoms with Crippen LogP contribution in [0.3, 0.4) is 0 Å². The smallest absolute Gasteiger partial charge is 0.297 e. The lowest BCUT2D eigenvalue weighted by molar-refractivity contribution is -0.334. The predicted molar refractivity (Wildman–Crippen MR) is 79.2 cm³/mol. The molecular weight excluding hydrogens is 276 g/mol. The Labute approximate surface area is 132 Å². The van der Waals surface area contributed by atoms with Gasteiger partial charge in [0, 0.05) is 0 Å². The van der Waals surface area contributed by atoms with Crippen molar-refractivity contribution in [1.29, 1.82) is 0 Å². The summed E-state index contributed by atoms with van der Waals surface area (Å²) in [5, 5.41) is 0. The van der Waals surface area contributed by atoms with Gasteiger partial charge in [-0.3, -0.25) is 4.89 Å². The van der Waals surface area contributed by atoms with Crippen molar-refractivity contribution in [2.75, 3.05) is 0 Å².